The normalized spacial score (nSPS) is 21.8. The SMILES string of the molecule is CC(CC(C)(C)C(=O)/N=C/C1CC(CNC(=O)[C@@H]2CCCN2C(=O)[C@@H](Cc2ccccc2)NS(C)(=O)=O)CCN1N)OC(=O)OCC(C)(C)C. The highest BCUT2D eigenvalue weighted by molar-refractivity contribution is 7.88. The van der Waals surface area contributed by atoms with Crippen molar-refractivity contribution in [2.75, 3.05) is 32.5 Å². The minimum absolute atomic E-state index is 0.0501. The molecule has 2 heterocycles. The van der Waals surface area contributed by atoms with E-state index in [0.29, 0.717) is 45.3 Å². The molecule has 15 heteroatoms. The van der Waals surface area contributed by atoms with Gasteiger partial charge in [0.2, 0.25) is 21.8 Å². The van der Waals surface area contributed by atoms with E-state index in [1.165, 1.54) is 4.90 Å². The maximum atomic E-state index is 13.6. The van der Waals surface area contributed by atoms with Crippen molar-refractivity contribution in [1.82, 2.24) is 19.9 Å². The third-order valence-corrected chi connectivity index (χ3v) is 9.51. The lowest BCUT2D eigenvalue weighted by Gasteiger charge is -2.35. The zero-order valence-corrected chi connectivity index (χ0v) is 31.3. The van der Waals surface area contributed by atoms with E-state index < -0.39 is 45.7 Å². The summed E-state index contributed by atoms with van der Waals surface area (Å²) in [4.78, 5) is 57.9. The zero-order valence-electron chi connectivity index (χ0n) is 30.5. The van der Waals surface area contributed by atoms with Gasteiger partial charge in [0, 0.05) is 31.3 Å². The van der Waals surface area contributed by atoms with E-state index in [4.69, 9.17) is 15.3 Å². The van der Waals surface area contributed by atoms with Crippen LogP contribution < -0.4 is 15.9 Å². The van der Waals surface area contributed by atoms with Gasteiger partial charge in [-0.3, -0.25) is 20.2 Å². The number of benzene rings is 1. The number of nitrogens with one attached hydrogen (secondary N) is 2. The average Bonchev–Trinajstić information content (AvgIpc) is 3.51. The van der Waals surface area contributed by atoms with Crippen molar-refractivity contribution >= 4 is 40.1 Å². The number of nitrogens with two attached hydrogens (primary N) is 1. The molecule has 0 radical (unpaired) electrons. The highest BCUT2D eigenvalue weighted by Gasteiger charge is 2.38. The number of rotatable bonds is 14. The van der Waals surface area contributed by atoms with Gasteiger partial charge < -0.3 is 19.7 Å². The molecule has 3 amide bonds. The summed E-state index contributed by atoms with van der Waals surface area (Å²) in [5.41, 5.74) is -0.310. The summed E-state index contributed by atoms with van der Waals surface area (Å²) in [6, 6.07) is 7.05. The average molecular weight is 721 g/mol. The predicted molar refractivity (Wildman–Crippen MR) is 190 cm³/mol. The molecule has 0 aliphatic carbocycles. The molecule has 5 atom stereocenters. The van der Waals surface area contributed by atoms with Crippen LogP contribution in [-0.2, 0) is 40.3 Å². The van der Waals surface area contributed by atoms with Crippen LogP contribution in [0.4, 0.5) is 4.79 Å². The van der Waals surface area contributed by atoms with Crippen molar-refractivity contribution in [3.8, 4) is 0 Å². The van der Waals surface area contributed by atoms with Crippen LogP contribution in [-0.4, -0.2) is 105 Å². The molecule has 0 aromatic heterocycles. The van der Waals surface area contributed by atoms with E-state index in [1.807, 2.05) is 51.1 Å². The van der Waals surface area contributed by atoms with Gasteiger partial charge in [-0.1, -0.05) is 65.0 Å². The summed E-state index contributed by atoms with van der Waals surface area (Å²) in [5, 5.41) is 4.62. The Labute approximate surface area is 296 Å². The van der Waals surface area contributed by atoms with Gasteiger partial charge in [0.1, 0.15) is 18.2 Å². The van der Waals surface area contributed by atoms with Crippen LogP contribution in [0.5, 0.6) is 0 Å². The van der Waals surface area contributed by atoms with Crippen molar-refractivity contribution in [2.24, 2.45) is 27.6 Å². The van der Waals surface area contributed by atoms with Crippen LogP contribution in [0, 0.1) is 16.7 Å². The number of nitrogens with zero attached hydrogens (tertiary/aromatic N) is 3. The van der Waals surface area contributed by atoms with Crippen LogP contribution in [0.2, 0.25) is 0 Å². The Morgan fingerprint density at radius 3 is 2.40 bits per heavy atom. The number of aliphatic imine (C=N–C) groups is 1. The van der Waals surface area contributed by atoms with Gasteiger partial charge in [-0.2, -0.15) is 0 Å². The Bertz CT molecular complexity index is 1460. The van der Waals surface area contributed by atoms with E-state index in [2.05, 4.69) is 15.0 Å². The van der Waals surface area contributed by atoms with Crippen molar-refractivity contribution in [3.05, 3.63) is 35.9 Å². The second-order valence-corrected chi connectivity index (χ2v) is 17.2. The van der Waals surface area contributed by atoms with Gasteiger partial charge in [0.15, 0.2) is 0 Å². The number of hydrogen-bond donors (Lipinski definition) is 3. The molecule has 50 heavy (non-hydrogen) atoms. The van der Waals surface area contributed by atoms with Gasteiger partial charge in [-0.15, -0.1) is 0 Å². The number of likely N-dealkylation sites (tertiary alicyclic amines) is 1. The summed E-state index contributed by atoms with van der Waals surface area (Å²) in [6.07, 6.45) is 3.99. The summed E-state index contributed by atoms with van der Waals surface area (Å²) in [7, 11) is -3.69. The highest BCUT2D eigenvalue weighted by atomic mass is 32.2. The van der Waals surface area contributed by atoms with Gasteiger partial charge in [0.25, 0.3) is 5.91 Å². The largest absolute Gasteiger partial charge is 0.508 e. The Hall–Kier alpha value is -3.40. The summed E-state index contributed by atoms with van der Waals surface area (Å²) in [5.74, 6) is 5.20. The molecule has 14 nitrogen and oxygen atoms in total. The molecule has 2 fully saturated rings. The fourth-order valence-electron chi connectivity index (χ4n) is 6.23. The van der Waals surface area contributed by atoms with Crippen molar-refractivity contribution < 1.29 is 37.1 Å². The van der Waals surface area contributed by atoms with Gasteiger partial charge >= 0.3 is 6.16 Å². The Balaban J connectivity index is 1.54. The second kappa shape index (κ2) is 17.7. The lowest BCUT2D eigenvalue weighted by atomic mass is 9.86. The highest BCUT2D eigenvalue weighted by Crippen LogP contribution is 2.27. The van der Waals surface area contributed by atoms with E-state index >= 15 is 0 Å². The first-order chi connectivity index (χ1) is 23.2. The molecule has 280 valence electrons. The lowest BCUT2D eigenvalue weighted by molar-refractivity contribution is -0.139. The number of hydrogen-bond acceptors (Lipinski definition) is 10. The maximum Gasteiger partial charge on any atom is 0.508 e. The summed E-state index contributed by atoms with van der Waals surface area (Å²) >= 11 is 0. The third-order valence-electron chi connectivity index (χ3n) is 8.80. The number of carbonyl (C=O) groups excluding carboxylic acids is 4. The van der Waals surface area contributed by atoms with Crippen LogP contribution >= 0.6 is 0 Å². The Morgan fingerprint density at radius 1 is 1.08 bits per heavy atom. The predicted octanol–water partition coefficient (Wildman–Crippen LogP) is 2.81. The maximum absolute atomic E-state index is 13.6. The molecule has 3 unspecified atom stereocenters. The molecular formula is C35H56N6O8S. The molecule has 4 N–H and O–H groups in total. The first-order valence-electron chi connectivity index (χ1n) is 17.3. The lowest BCUT2D eigenvalue weighted by Crippen LogP contribution is -2.55. The summed E-state index contributed by atoms with van der Waals surface area (Å²) in [6.45, 7) is 12.5. The number of hydrazine groups is 1. The first kappa shape index (κ1) is 41.0. The quantitative estimate of drug-likeness (QED) is 0.146. The minimum atomic E-state index is -3.69. The molecule has 1 aromatic rings. The monoisotopic (exact) mass is 720 g/mol. The third kappa shape index (κ3) is 13.4. The minimum Gasteiger partial charge on any atom is -0.434 e. The van der Waals surface area contributed by atoms with Gasteiger partial charge in [0.05, 0.1) is 18.9 Å². The van der Waals surface area contributed by atoms with Crippen LogP contribution in [0.3, 0.4) is 0 Å². The number of amides is 3. The molecule has 0 saturated carbocycles. The molecule has 0 spiro atoms. The topological polar surface area (TPSA) is 190 Å². The zero-order chi connectivity index (χ0) is 37.3. The van der Waals surface area contributed by atoms with Gasteiger partial charge in [-0.25, -0.2) is 27.9 Å². The van der Waals surface area contributed by atoms with Crippen LogP contribution in [0.25, 0.3) is 0 Å². The smallest absolute Gasteiger partial charge is 0.434 e. The first-order valence-corrected chi connectivity index (χ1v) is 19.2. The van der Waals surface area contributed by atoms with Crippen LogP contribution in [0.1, 0.15) is 79.2 Å². The van der Waals surface area contributed by atoms with Crippen molar-refractivity contribution in [2.45, 2.75) is 104 Å². The van der Waals surface area contributed by atoms with E-state index in [1.54, 1.807) is 32.0 Å². The molecular weight excluding hydrogens is 664 g/mol. The summed E-state index contributed by atoms with van der Waals surface area (Å²) < 4.78 is 37.2. The molecule has 3 rings (SSSR count). The molecule has 0 bridgehead atoms. The van der Waals surface area contributed by atoms with Crippen molar-refractivity contribution in [3.63, 3.8) is 0 Å². The van der Waals surface area contributed by atoms with E-state index in [-0.39, 0.29) is 48.6 Å². The molecule has 1 aromatic carbocycles. The number of sulfonamides is 1. The fraction of sp³-hybridized carbons (Fsp3) is 0.686. The van der Waals surface area contributed by atoms with E-state index in [9.17, 15) is 27.6 Å². The standard InChI is InChI=1S/C35H56N6O8S/c1-24(49-33(45)48-23-34(2,3)4)20-35(5,6)32(44)38-22-27-18-26(15-17-41(27)36)21-37-30(42)29-14-11-16-40(29)31(43)28(39-50(7,46)47)19-25-12-9-8-10-13-25/h8-10,12-13,22,24,26-29,39H,11,14-21,23,36H2,1-7H3,(H,37,42)/b38-22+/t24?,26?,27?,28-,29+/m1/s1. The molecule has 2 saturated heterocycles. The fourth-order valence-corrected chi connectivity index (χ4v) is 6.93. The second-order valence-electron chi connectivity index (χ2n) is 15.5. The number of piperidine rings is 1. The van der Waals surface area contributed by atoms with Crippen molar-refractivity contribution in [1.29, 1.82) is 0 Å². The Morgan fingerprint density at radius 2 is 1.76 bits per heavy atom. The Kier molecular flexibility index (Phi) is 14.5. The molecule has 2 aliphatic rings. The van der Waals surface area contributed by atoms with Crippen LogP contribution in [0.15, 0.2) is 35.3 Å². The van der Waals surface area contributed by atoms with E-state index in [0.717, 1.165) is 11.8 Å². The number of ether oxygens (including phenoxy) is 2. The van der Waals surface area contributed by atoms with Gasteiger partial charge in [-0.05, 0) is 62.3 Å². The molecule has 2 aliphatic heterocycles. The number of carbonyl (C=O) groups is 4.